The van der Waals surface area contributed by atoms with Crippen LogP contribution in [-0.4, -0.2) is 33.9 Å². The van der Waals surface area contributed by atoms with Crippen LogP contribution in [0.5, 0.6) is 0 Å². The average molecular weight is 414 g/mol. The predicted octanol–water partition coefficient (Wildman–Crippen LogP) is 4.84. The van der Waals surface area contributed by atoms with Crippen molar-refractivity contribution < 1.29 is 4.42 Å². The summed E-state index contributed by atoms with van der Waals surface area (Å²) >= 11 is 0. The van der Waals surface area contributed by atoms with Crippen LogP contribution in [0.3, 0.4) is 0 Å². The largest absolute Gasteiger partial charge is 0.449 e. The lowest BCUT2D eigenvalue weighted by Crippen LogP contribution is -2.11. The maximum absolute atomic E-state index is 11.0. The van der Waals surface area contributed by atoms with E-state index in [0.29, 0.717) is 17.2 Å². The van der Waals surface area contributed by atoms with Crippen molar-refractivity contribution in [2.24, 2.45) is 5.18 Å². The van der Waals surface area contributed by atoms with E-state index in [4.69, 9.17) is 4.42 Å². The number of pyridine rings is 1. The van der Waals surface area contributed by atoms with Crippen molar-refractivity contribution in [1.82, 2.24) is 19.9 Å². The lowest BCUT2D eigenvalue weighted by Gasteiger charge is -2.11. The summed E-state index contributed by atoms with van der Waals surface area (Å²) in [6.07, 6.45) is 8.67. The Kier molecular flexibility index (Phi) is 4.91. The summed E-state index contributed by atoms with van der Waals surface area (Å²) in [4.78, 5) is 26.4. The van der Waals surface area contributed by atoms with Crippen molar-refractivity contribution in [3.63, 3.8) is 0 Å². The molecule has 0 amide bonds. The van der Waals surface area contributed by atoms with Crippen molar-refractivity contribution in [2.45, 2.75) is 25.4 Å². The van der Waals surface area contributed by atoms with Gasteiger partial charge in [0.05, 0.1) is 11.9 Å². The summed E-state index contributed by atoms with van der Waals surface area (Å²) < 4.78 is 6.09. The van der Waals surface area contributed by atoms with E-state index in [-0.39, 0.29) is 6.04 Å². The first-order chi connectivity index (χ1) is 15.1. The molecule has 0 radical (unpaired) electrons. The third-order valence-corrected chi connectivity index (χ3v) is 5.49. The molecule has 5 rings (SSSR count). The number of nitrogens with one attached hydrogen (secondary N) is 1. The van der Waals surface area contributed by atoms with Gasteiger partial charge in [-0.1, -0.05) is 11.2 Å². The third kappa shape index (κ3) is 3.66. The van der Waals surface area contributed by atoms with Gasteiger partial charge in [0, 0.05) is 41.8 Å². The van der Waals surface area contributed by atoms with Crippen molar-refractivity contribution in [3.05, 3.63) is 70.7 Å². The Bertz CT molecular complexity index is 1250. The second kappa shape index (κ2) is 7.88. The van der Waals surface area contributed by atoms with Crippen molar-refractivity contribution in [2.75, 3.05) is 19.4 Å². The summed E-state index contributed by atoms with van der Waals surface area (Å²) in [7, 11) is 4.01. The highest BCUT2D eigenvalue weighted by Gasteiger charge is 2.24. The van der Waals surface area contributed by atoms with Gasteiger partial charge in [0.25, 0.3) is 0 Å². The second-order valence-electron chi connectivity index (χ2n) is 8.03. The van der Waals surface area contributed by atoms with E-state index in [2.05, 4.69) is 36.4 Å². The number of aromatic nitrogens is 3. The minimum Gasteiger partial charge on any atom is -0.449 e. The van der Waals surface area contributed by atoms with Crippen LogP contribution in [-0.2, 0) is 13.0 Å². The summed E-state index contributed by atoms with van der Waals surface area (Å²) in [5, 5.41) is 7.63. The Labute approximate surface area is 179 Å². The third-order valence-electron chi connectivity index (χ3n) is 5.49. The van der Waals surface area contributed by atoms with Gasteiger partial charge in [-0.05, 0) is 56.3 Å². The molecule has 4 aromatic rings. The number of fused-ring (bicyclic) bond motifs is 2. The first-order valence-corrected chi connectivity index (χ1v) is 10.2. The summed E-state index contributed by atoms with van der Waals surface area (Å²) in [5.41, 5.74) is 5.55. The summed E-state index contributed by atoms with van der Waals surface area (Å²) in [6.45, 7) is 0.765. The molecular weight excluding hydrogens is 392 g/mol. The normalized spacial score (nSPS) is 15.4. The number of hydrogen-bond acceptors (Lipinski definition) is 8. The Morgan fingerprint density at radius 1 is 1.19 bits per heavy atom. The standard InChI is InChI=1S/C23H22N6O2/c1-29(2)13-14-10-25-23(26-11-14)22-21(18-7-8-24-12-20(18)31-22)27-16-4-5-17-15(9-16)3-6-19(17)28-30/h4-5,7-12,19,27H,3,6,13H2,1-2H3. The maximum atomic E-state index is 11.0. The number of aryl methyl sites for hydroxylation is 1. The van der Waals surface area contributed by atoms with Gasteiger partial charge >= 0.3 is 0 Å². The van der Waals surface area contributed by atoms with Crippen LogP contribution < -0.4 is 5.32 Å². The molecule has 8 heteroatoms. The van der Waals surface area contributed by atoms with E-state index in [1.807, 2.05) is 44.7 Å². The Hall–Kier alpha value is -3.65. The Balaban J connectivity index is 1.53. The quantitative estimate of drug-likeness (QED) is 0.451. The van der Waals surface area contributed by atoms with Crippen LogP contribution in [0.15, 0.2) is 58.6 Å². The minimum atomic E-state index is -0.241. The molecule has 0 fully saturated rings. The SMILES string of the molecule is CN(C)Cc1cnc(-c2oc3cnccc3c2Nc2ccc3c(c2)CCC3N=O)nc1. The number of hydrogen-bond donors (Lipinski definition) is 1. The monoisotopic (exact) mass is 414 g/mol. The zero-order valence-corrected chi connectivity index (χ0v) is 17.4. The molecule has 3 heterocycles. The topological polar surface area (TPSA) is 96.5 Å². The molecule has 1 unspecified atom stereocenters. The Morgan fingerprint density at radius 3 is 2.81 bits per heavy atom. The zero-order valence-electron chi connectivity index (χ0n) is 17.4. The molecule has 0 saturated heterocycles. The molecule has 0 aliphatic heterocycles. The van der Waals surface area contributed by atoms with E-state index < -0.39 is 0 Å². The second-order valence-corrected chi connectivity index (χ2v) is 8.03. The van der Waals surface area contributed by atoms with Crippen LogP contribution in [0.2, 0.25) is 0 Å². The van der Waals surface area contributed by atoms with E-state index in [1.165, 1.54) is 0 Å². The van der Waals surface area contributed by atoms with Gasteiger partial charge in [-0.15, -0.1) is 0 Å². The van der Waals surface area contributed by atoms with Gasteiger partial charge in [0.1, 0.15) is 6.04 Å². The van der Waals surface area contributed by atoms with Crippen molar-refractivity contribution >= 4 is 22.3 Å². The van der Waals surface area contributed by atoms with Gasteiger partial charge in [-0.2, -0.15) is 4.91 Å². The first kappa shape index (κ1) is 19.3. The van der Waals surface area contributed by atoms with Gasteiger partial charge in [0.2, 0.25) is 0 Å². The van der Waals surface area contributed by atoms with E-state index in [0.717, 1.165) is 52.8 Å². The van der Waals surface area contributed by atoms with Gasteiger partial charge in [0.15, 0.2) is 17.2 Å². The highest BCUT2D eigenvalue weighted by Crippen LogP contribution is 2.40. The number of rotatable bonds is 6. The lowest BCUT2D eigenvalue weighted by atomic mass is 10.1. The number of furan rings is 1. The first-order valence-electron chi connectivity index (χ1n) is 10.2. The molecule has 1 N–H and O–H groups in total. The maximum Gasteiger partial charge on any atom is 0.197 e. The van der Waals surface area contributed by atoms with E-state index >= 15 is 0 Å². The van der Waals surface area contributed by atoms with Gasteiger partial charge in [-0.25, -0.2) is 9.97 Å². The van der Waals surface area contributed by atoms with Crippen LogP contribution >= 0.6 is 0 Å². The fourth-order valence-corrected chi connectivity index (χ4v) is 4.08. The fourth-order valence-electron chi connectivity index (χ4n) is 4.08. The number of benzene rings is 1. The number of nitrogens with zero attached hydrogens (tertiary/aromatic N) is 5. The van der Waals surface area contributed by atoms with Gasteiger partial charge in [-0.3, -0.25) is 4.98 Å². The number of anilines is 2. The van der Waals surface area contributed by atoms with Crippen LogP contribution in [0.4, 0.5) is 11.4 Å². The smallest absolute Gasteiger partial charge is 0.197 e. The number of nitroso groups, excluding NO2 is 1. The summed E-state index contributed by atoms with van der Waals surface area (Å²) in [5.74, 6) is 1.07. The molecule has 31 heavy (non-hydrogen) atoms. The zero-order chi connectivity index (χ0) is 21.4. The summed E-state index contributed by atoms with van der Waals surface area (Å²) in [6, 6.07) is 7.69. The lowest BCUT2D eigenvalue weighted by molar-refractivity contribution is 0.401. The highest BCUT2D eigenvalue weighted by atomic mass is 16.3. The van der Waals surface area contributed by atoms with Crippen LogP contribution in [0, 0.1) is 4.91 Å². The predicted molar refractivity (Wildman–Crippen MR) is 119 cm³/mol. The van der Waals surface area contributed by atoms with Crippen molar-refractivity contribution in [1.29, 1.82) is 0 Å². The van der Waals surface area contributed by atoms with E-state index in [1.54, 1.807) is 12.4 Å². The van der Waals surface area contributed by atoms with Crippen molar-refractivity contribution in [3.8, 4) is 11.6 Å². The molecule has 1 aliphatic carbocycles. The fraction of sp³-hybridized carbons (Fsp3) is 0.261. The van der Waals surface area contributed by atoms with Crippen LogP contribution in [0.1, 0.15) is 29.2 Å². The van der Waals surface area contributed by atoms with E-state index in [9.17, 15) is 4.91 Å². The molecular formula is C23H22N6O2. The molecule has 8 nitrogen and oxygen atoms in total. The molecule has 1 aliphatic rings. The average Bonchev–Trinajstić information content (AvgIpc) is 3.35. The minimum absolute atomic E-state index is 0.241. The molecule has 3 aromatic heterocycles. The Morgan fingerprint density at radius 2 is 2.03 bits per heavy atom. The molecule has 0 saturated carbocycles. The molecule has 0 spiro atoms. The molecule has 1 aromatic carbocycles. The highest BCUT2D eigenvalue weighted by molar-refractivity contribution is 5.99. The molecule has 1 atom stereocenters. The molecule has 0 bridgehead atoms. The van der Waals surface area contributed by atoms with Gasteiger partial charge < -0.3 is 14.6 Å². The molecule has 156 valence electrons. The van der Waals surface area contributed by atoms with Crippen LogP contribution in [0.25, 0.3) is 22.6 Å².